The van der Waals surface area contributed by atoms with Gasteiger partial charge in [0, 0.05) is 25.5 Å². The van der Waals surface area contributed by atoms with Crippen LogP contribution in [-0.4, -0.2) is 37.9 Å². The molecule has 0 aliphatic heterocycles. The molecule has 2 aromatic heterocycles. The Morgan fingerprint density at radius 1 is 1.32 bits per heavy atom. The topological polar surface area (TPSA) is 108 Å². The predicted octanol–water partition coefficient (Wildman–Crippen LogP) is 1.84. The molecule has 1 aromatic carbocycles. The first-order chi connectivity index (χ1) is 12.2. The fourth-order valence-corrected chi connectivity index (χ4v) is 2.21. The maximum Gasteiger partial charge on any atom is 0.227 e. The zero-order valence-corrected chi connectivity index (χ0v) is 14.0. The summed E-state index contributed by atoms with van der Waals surface area (Å²) in [7, 11) is 3.32. The first-order valence-corrected chi connectivity index (χ1v) is 7.76. The molecule has 1 N–H and O–H groups in total. The van der Waals surface area contributed by atoms with Crippen molar-refractivity contribution in [2.75, 3.05) is 12.4 Å². The minimum Gasteiger partial charge on any atom is -0.497 e. The number of methoxy groups -OCH3 is 1. The molecule has 0 unspecified atom stereocenters. The molecule has 2 heterocycles. The maximum atomic E-state index is 11.9. The molecule has 0 atom stereocenters. The number of hydrogen-bond acceptors (Lipinski definition) is 7. The van der Waals surface area contributed by atoms with Crippen LogP contribution in [0.25, 0.3) is 11.4 Å². The van der Waals surface area contributed by atoms with Gasteiger partial charge in [0.25, 0.3) is 0 Å². The Bertz CT molecular complexity index is 840. The van der Waals surface area contributed by atoms with Gasteiger partial charge in [-0.15, -0.1) is 0 Å². The first kappa shape index (κ1) is 16.6. The number of amides is 1. The second-order valence-electron chi connectivity index (χ2n) is 5.35. The molecule has 130 valence electrons. The van der Waals surface area contributed by atoms with Gasteiger partial charge in [0.15, 0.2) is 0 Å². The summed E-state index contributed by atoms with van der Waals surface area (Å²) in [5.74, 6) is 2.07. The number of rotatable bonds is 7. The van der Waals surface area contributed by atoms with Gasteiger partial charge in [-0.1, -0.05) is 5.16 Å². The smallest absolute Gasteiger partial charge is 0.227 e. The zero-order valence-electron chi connectivity index (χ0n) is 14.0. The van der Waals surface area contributed by atoms with Crippen molar-refractivity contribution in [1.29, 1.82) is 0 Å². The van der Waals surface area contributed by atoms with Crippen LogP contribution in [-0.2, 0) is 18.3 Å². The zero-order chi connectivity index (χ0) is 17.6. The van der Waals surface area contributed by atoms with E-state index in [1.165, 1.54) is 11.0 Å². The summed E-state index contributed by atoms with van der Waals surface area (Å²) in [6.45, 7) is 0. The molecular weight excluding hydrogens is 324 g/mol. The quantitative estimate of drug-likeness (QED) is 0.698. The van der Waals surface area contributed by atoms with Gasteiger partial charge >= 0.3 is 0 Å². The van der Waals surface area contributed by atoms with E-state index in [0.717, 1.165) is 11.3 Å². The number of hydrogen-bond donors (Lipinski definition) is 1. The summed E-state index contributed by atoms with van der Waals surface area (Å²) in [4.78, 5) is 20.2. The third kappa shape index (κ3) is 4.19. The van der Waals surface area contributed by atoms with Crippen molar-refractivity contribution in [3.8, 4) is 17.1 Å². The van der Waals surface area contributed by atoms with Crippen LogP contribution in [0.1, 0.15) is 18.7 Å². The highest BCUT2D eigenvalue weighted by Crippen LogP contribution is 2.20. The van der Waals surface area contributed by atoms with Crippen LogP contribution < -0.4 is 10.1 Å². The van der Waals surface area contributed by atoms with Crippen LogP contribution >= 0.6 is 0 Å². The molecule has 3 rings (SSSR count). The molecule has 9 nitrogen and oxygen atoms in total. The van der Waals surface area contributed by atoms with Crippen molar-refractivity contribution >= 4 is 11.9 Å². The Balaban J connectivity index is 1.50. The largest absolute Gasteiger partial charge is 0.497 e. The van der Waals surface area contributed by atoms with Gasteiger partial charge in [0.2, 0.25) is 23.6 Å². The molecular formula is C16H18N6O3. The highest BCUT2D eigenvalue weighted by atomic mass is 16.5. The lowest BCUT2D eigenvalue weighted by molar-refractivity contribution is -0.116. The molecule has 9 heteroatoms. The van der Waals surface area contributed by atoms with E-state index in [0.29, 0.717) is 36.9 Å². The molecule has 0 saturated heterocycles. The number of nitrogens with zero attached hydrogens (tertiary/aromatic N) is 5. The third-order valence-corrected chi connectivity index (χ3v) is 3.57. The molecule has 3 aromatic rings. The van der Waals surface area contributed by atoms with E-state index in [2.05, 4.69) is 25.5 Å². The monoisotopic (exact) mass is 342 g/mol. The number of aryl methyl sites for hydroxylation is 2. The van der Waals surface area contributed by atoms with Crippen LogP contribution in [0.2, 0.25) is 0 Å². The fraction of sp³-hybridized carbons (Fsp3) is 0.312. The minimum atomic E-state index is -0.133. The normalized spacial score (nSPS) is 10.6. The summed E-state index contributed by atoms with van der Waals surface area (Å²) in [5.41, 5.74) is 0.843. The van der Waals surface area contributed by atoms with E-state index in [9.17, 15) is 4.79 Å². The third-order valence-electron chi connectivity index (χ3n) is 3.57. The fourth-order valence-electron chi connectivity index (χ4n) is 2.21. The molecule has 25 heavy (non-hydrogen) atoms. The van der Waals surface area contributed by atoms with Crippen molar-refractivity contribution in [3.63, 3.8) is 0 Å². The highest BCUT2D eigenvalue weighted by molar-refractivity contribution is 5.88. The van der Waals surface area contributed by atoms with Crippen molar-refractivity contribution in [3.05, 3.63) is 36.5 Å². The lowest BCUT2D eigenvalue weighted by Crippen LogP contribution is -2.15. The van der Waals surface area contributed by atoms with Crippen molar-refractivity contribution in [2.45, 2.75) is 19.3 Å². The van der Waals surface area contributed by atoms with Crippen molar-refractivity contribution < 1.29 is 14.1 Å². The van der Waals surface area contributed by atoms with Crippen LogP contribution in [0.15, 0.2) is 35.1 Å². The van der Waals surface area contributed by atoms with Gasteiger partial charge in [-0.05, 0) is 30.7 Å². The van der Waals surface area contributed by atoms with Gasteiger partial charge in [0.1, 0.15) is 12.1 Å². The summed E-state index contributed by atoms with van der Waals surface area (Å²) in [5, 5.41) is 10.5. The summed E-state index contributed by atoms with van der Waals surface area (Å²) < 4.78 is 11.8. The molecule has 0 spiro atoms. The number of carbonyl (C=O) groups is 1. The lowest BCUT2D eigenvalue weighted by atomic mass is 10.2. The van der Waals surface area contributed by atoms with Crippen molar-refractivity contribution in [1.82, 2.24) is 24.9 Å². The average Bonchev–Trinajstić information content (AvgIpc) is 3.25. The second-order valence-corrected chi connectivity index (χ2v) is 5.35. The summed E-state index contributed by atoms with van der Waals surface area (Å²) in [6, 6.07) is 7.40. The standard InChI is InChI=1S/C16H18N6O3/c1-22-16(17-10-18-22)19-13(23)4-3-5-14-20-15(21-25-14)11-6-8-12(24-2)9-7-11/h6-10H,3-5H2,1-2H3,(H,17,18,19,23). The Labute approximate surface area is 144 Å². The van der Waals surface area contributed by atoms with Gasteiger partial charge in [0.05, 0.1) is 7.11 Å². The molecule has 0 aliphatic rings. The predicted molar refractivity (Wildman–Crippen MR) is 88.9 cm³/mol. The van der Waals surface area contributed by atoms with Crippen LogP contribution in [0.3, 0.4) is 0 Å². The number of nitrogens with one attached hydrogen (secondary N) is 1. The molecule has 0 saturated carbocycles. The summed E-state index contributed by atoms with van der Waals surface area (Å²) >= 11 is 0. The van der Waals surface area contributed by atoms with E-state index in [1.807, 2.05) is 24.3 Å². The number of aromatic nitrogens is 5. The second kappa shape index (κ2) is 7.56. The number of carbonyl (C=O) groups excluding carboxylic acids is 1. The Morgan fingerprint density at radius 3 is 2.80 bits per heavy atom. The SMILES string of the molecule is COc1ccc(-c2noc(CCCC(=O)Nc3ncnn3C)n2)cc1. The van der Waals surface area contributed by atoms with Crippen LogP contribution in [0.4, 0.5) is 5.95 Å². The van der Waals surface area contributed by atoms with E-state index in [1.54, 1.807) is 14.2 Å². The summed E-state index contributed by atoms with van der Waals surface area (Å²) in [6.07, 6.45) is 2.82. The van der Waals surface area contributed by atoms with E-state index in [-0.39, 0.29) is 5.91 Å². The highest BCUT2D eigenvalue weighted by Gasteiger charge is 2.11. The Morgan fingerprint density at radius 2 is 2.12 bits per heavy atom. The van der Waals surface area contributed by atoms with E-state index in [4.69, 9.17) is 9.26 Å². The number of benzene rings is 1. The van der Waals surface area contributed by atoms with Crippen LogP contribution in [0.5, 0.6) is 5.75 Å². The maximum absolute atomic E-state index is 11.9. The van der Waals surface area contributed by atoms with E-state index >= 15 is 0 Å². The average molecular weight is 342 g/mol. The van der Waals surface area contributed by atoms with Gasteiger partial charge in [-0.3, -0.25) is 10.1 Å². The number of ether oxygens (including phenoxy) is 1. The molecule has 0 fully saturated rings. The number of anilines is 1. The minimum absolute atomic E-state index is 0.133. The molecule has 0 radical (unpaired) electrons. The van der Waals surface area contributed by atoms with E-state index < -0.39 is 0 Å². The van der Waals surface area contributed by atoms with Crippen LogP contribution in [0, 0.1) is 0 Å². The Hall–Kier alpha value is -3.23. The van der Waals surface area contributed by atoms with Gasteiger partial charge in [-0.2, -0.15) is 15.1 Å². The van der Waals surface area contributed by atoms with Crippen molar-refractivity contribution in [2.24, 2.45) is 7.05 Å². The van der Waals surface area contributed by atoms with Gasteiger partial charge in [-0.25, -0.2) is 4.68 Å². The Kier molecular flexibility index (Phi) is 5.03. The lowest BCUT2D eigenvalue weighted by Gasteiger charge is -2.02. The molecule has 0 aliphatic carbocycles. The molecule has 1 amide bonds. The first-order valence-electron chi connectivity index (χ1n) is 7.76. The van der Waals surface area contributed by atoms with Gasteiger partial charge < -0.3 is 9.26 Å². The molecule has 0 bridgehead atoms.